The number of hydrogen-bond acceptors (Lipinski definition) is 9. The lowest BCUT2D eigenvalue weighted by molar-refractivity contribution is -0.137. The molecular formula is C30H41BF3N5O6. The molecule has 11 nitrogen and oxygen atoms in total. The first kappa shape index (κ1) is 36.1. The normalized spacial score (nSPS) is 15.7. The molecule has 3 rings (SSSR count). The predicted molar refractivity (Wildman–Crippen MR) is 162 cm³/mol. The van der Waals surface area contributed by atoms with E-state index in [1.807, 2.05) is 13.8 Å². The Morgan fingerprint density at radius 1 is 1.02 bits per heavy atom. The number of fused-ring (bicyclic) bond motifs is 1. The van der Waals surface area contributed by atoms with Crippen molar-refractivity contribution < 1.29 is 42.3 Å². The fourth-order valence-electron chi connectivity index (χ4n) is 4.97. The summed E-state index contributed by atoms with van der Waals surface area (Å²) >= 11 is 0. The molecule has 0 aromatic heterocycles. The van der Waals surface area contributed by atoms with Crippen LogP contribution in [0.25, 0.3) is 0 Å². The minimum Gasteiger partial charge on any atom is -0.423 e. The quantitative estimate of drug-likeness (QED) is 0.129. The number of aryl methyl sites for hydroxylation is 1. The largest absolute Gasteiger partial charge is 0.492 e. The lowest BCUT2D eigenvalue weighted by Crippen LogP contribution is -2.53. The highest BCUT2D eigenvalue weighted by Gasteiger charge is 2.40. The second-order valence-electron chi connectivity index (χ2n) is 11.9. The van der Waals surface area contributed by atoms with Gasteiger partial charge in [-0.25, -0.2) is 0 Å². The second kappa shape index (κ2) is 14.8. The summed E-state index contributed by atoms with van der Waals surface area (Å²) in [5, 5.41) is 25.6. The number of carbonyl (C=O) groups excluding carboxylic acids is 3. The smallest absolute Gasteiger partial charge is 0.423 e. The molecule has 2 aromatic rings. The van der Waals surface area contributed by atoms with Crippen LogP contribution >= 0.6 is 0 Å². The van der Waals surface area contributed by atoms with Crippen LogP contribution in [0.3, 0.4) is 0 Å². The summed E-state index contributed by atoms with van der Waals surface area (Å²) in [6.45, 7) is 3.13. The molecule has 15 heteroatoms. The van der Waals surface area contributed by atoms with Gasteiger partial charge in [0.05, 0.1) is 23.2 Å². The van der Waals surface area contributed by atoms with E-state index in [1.54, 1.807) is 18.2 Å². The van der Waals surface area contributed by atoms with Gasteiger partial charge >= 0.3 is 13.3 Å². The van der Waals surface area contributed by atoms with Gasteiger partial charge in [0.25, 0.3) is 0 Å². The van der Waals surface area contributed by atoms with E-state index in [-0.39, 0.29) is 57.5 Å². The molecule has 0 saturated carbocycles. The van der Waals surface area contributed by atoms with Crippen LogP contribution < -0.4 is 33.3 Å². The lowest BCUT2D eigenvalue weighted by Gasteiger charge is -2.25. The Hall–Kier alpha value is -3.34. The van der Waals surface area contributed by atoms with Crippen LogP contribution in [0, 0.1) is 0 Å². The molecule has 45 heavy (non-hydrogen) atoms. The zero-order valence-electron chi connectivity index (χ0n) is 25.3. The Labute approximate surface area is 260 Å². The Bertz CT molecular complexity index is 1350. The van der Waals surface area contributed by atoms with Crippen molar-refractivity contribution in [1.29, 1.82) is 0 Å². The number of halogens is 3. The van der Waals surface area contributed by atoms with E-state index in [4.69, 9.17) is 21.9 Å². The molecular weight excluding hydrogens is 594 g/mol. The van der Waals surface area contributed by atoms with E-state index in [9.17, 15) is 37.7 Å². The van der Waals surface area contributed by atoms with Crippen molar-refractivity contribution in [2.75, 3.05) is 19.6 Å². The van der Waals surface area contributed by atoms with Gasteiger partial charge in [0.1, 0.15) is 5.60 Å². The molecule has 1 aliphatic rings. The summed E-state index contributed by atoms with van der Waals surface area (Å²) < 4.78 is 44.5. The fraction of sp³-hybridized carbons (Fsp3) is 0.500. The third kappa shape index (κ3) is 9.82. The maximum Gasteiger partial charge on any atom is 0.492 e. The van der Waals surface area contributed by atoms with E-state index >= 15 is 0 Å². The first-order valence-electron chi connectivity index (χ1n) is 14.6. The van der Waals surface area contributed by atoms with Crippen LogP contribution in [0.4, 0.5) is 13.2 Å². The molecule has 2 atom stereocenters. The minimum atomic E-state index is -4.49. The van der Waals surface area contributed by atoms with Crippen molar-refractivity contribution in [3.63, 3.8) is 0 Å². The number of aliphatic hydroxyl groups is 1. The monoisotopic (exact) mass is 635 g/mol. The van der Waals surface area contributed by atoms with E-state index < -0.39 is 54.0 Å². The fourth-order valence-corrected chi connectivity index (χ4v) is 4.97. The van der Waals surface area contributed by atoms with Crippen LogP contribution in [0.5, 0.6) is 0 Å². The summed E-state index contributed by atoms with van der Waals surface area (Å²) in [4.78, 5) is 38.7. The molecule has 0 spiro atoms. The van der Waals surface area contributed by atoms with Gasteiger partial charge in [-0.2, -0.15) is 13.2 Å². The lowest BCUT2D eigenvalue weighted by atomic mass is 9.77. The molecule has 0 unspecified atom stereocenters. The maximum atomic E-state index is 13.5. The third-order valence-corrected chi connectivity index (χ3v) is 7.92. The zero-order chi connectivity index (χ0) is 33.6. The number of amides is 2. The van der Waals surface area contributed by atoms with E-state index in [0.717, 1.165) is 17.7 Å². The number of hydrogen-bond donors (Lipinski definition) is 7. The number of rotatable bonds is 15. The van der Waals surface area contributed by atoms with E-state index in [2.05, 4.69) is 10.6 Å². The highest BCUT2D eigenvalue weighted by Crippen LogP contribution is 2.31. The molecule has 1 aliphatic heterocycles. The van der Waals surface area contributed by atoms with Gasteiger partial charge in [0.2, 0.25) is 11.8 Å². The summed E-state index contributed by atoms with van der Waals surface area (Å²) in [5.74, 6) is -1.55. The average molecular weight is 635 g/mol. The average Bonchev–Trinajstić information content (AvgIpc) is 3.22. The second-order valence-corrected chi connectivity index (χ2v) is 11.9. The van der Waals surface area contributed by atoms with Gasteiger partial charge in [-0.1, -0.05) is 30.3 Å². The number of nitrogens with two attached hydrogens (primary N) is 3. The first-order chi connectivity index (χ1) is 21.0. The van der Waals surface area contributed by atoms with Gasteiger partial charge in [-0.3, -0.25) is 14.4 Å². The molecule has 0 saturated heterocycles. The third-order valence-electron chi connectivity index (χ3n) is 7.92. The molecule has 0 bridgehead atoms. The molecule has 0 aliphatic carbocycles. The predicted octanol–water partition coefficient (Wildman–Crippen LogP) is -0.240. The molecule has 0 fully saturated rings. The van der Waals surface area contributed by atoms with Crippen LogP contribution in [0.1, 0.15) is 55.4 Å². The van der Waals surface area contributed by atoms with Gasteiger partial charge in [0.15, 0.2) is 5.78 Å². The number of Topliss-reactive ketones (excluding diaryl/α,β-unsaturated/α-hetero) is 1. The summed E-state index contributed by atoms with van der Waals surface area (Å²) in [5.41, 5.74) is 16.4. The van der Waals surface area contributed by atoms with E-state index in [0.29, 0.717) is 16.6 Å². The van der Waals surface area contributed by atoms with Crippen molar-refractivity contribution in [3.05, 3.63) is 64.7 Å². The van der Waals surface area contributed by atoms with Gasteiger partial charge in [0, 0.05) is 32.5 Å². The van der Waals surface area contributed by atoms with Crippen LogP contribution in [-0.4, -0.2) is 72.2 Å². The molecule has 1 heterocycles. The van der Waals surface area contributed by atoms with Crippen LogP contribution in [-0.2, 0) is 43.7 Å². The molecule has 2 amide bonds. The number of ketones is 1. The number of alkyl halides is 3. The SMILES string of the molecule is CC1(C)OB(O)c2cc(CC(=O)[C@@H](CCc3ccc(C(F)(F)F)cc3)NC(=O)[C@@H](N)CCC(=O)NCC(O)(CN)CN)ccc21. The van der Waals surface area contributed by atoms with Crippen LogP contribution in [0.2, 0.25) is 0 Å². The number of nitrogens with one attached hydrogen (secondary N) is 2. The summed E-state index contributed by atoms with van der Waals surface area (Å²) in [7, 11) is -1.16. The highest BCUT2D eigenvalue weighted by atomic mass is 19.4. The first-order valence-corrected chi connectivity index (χ1v) is 14.6. The Morgan fingerprint density at radius 3 is 2.24 bits per heavy atom. The van der Waals surface area contributed by atoms with Crippen molar-refractivity contribution in [3.8, 4) is 0 Å². The summed E-state index contributed by atoms with van der Waals surface area (Å²) in [6, 6.07) is 7.50. The maximum absolute atomic E-state index is 13.5. The molecule has 10 N–H and O–H groups in total. The Balaban J connectivity index is 1.68. The Kier molecular flexibility index (Phi) is 11.9. The topological polar surface area (TPSA) is 203 Å². The highest BCUT2D eigenvalue weighted by molar-refractivity contribution is 6.62. The number of benzene rings is 2. The van der Waals surface area contributed by atoms with E-state index in [1.165, 1.54) is 12.1 Å². The Morgan fingerprint density at radius 2 is 1.64 bits per heavy atom. The van der Waals surface area contributed by atoms with Crippen LogP contribution in [0.15, 0.2) is 42.5 Å². The van der Waals surface area contributed by atoms with Crippen molar-refractivity contribution >= 4 is 30.2 Å². The van der Waals surface area contributed by atoms with Gasteiger partial charge in [-0.15, -0.1) is 0 Å². The van der Waals surface area contributed by atoms with Gasteiger partial charge < -0.3 is 42.6 Å². The molecule has 0 radical (unpaired) electrons. The standard InChI is InChI=1S/C30H41BF3N5O6/c1-28(2)21-9-5-19(13-22(21)31(44)45-28)14-25(40)24(11-6-18-3-7-20(8-4-18)30(32,33)34)39-27(42)23(37)10-12-26(41)38-17-29(43,15-35)16-36/h3-5,7-9,13,23-24,43-44H,6,10-12,14-17,35-37H2,1-2H3,(H,38,41)(H,39,42)/t23-,24+/m0/s1. The molecule has 246 valence electrons. The van der Waals surface area contributed by atoms with Crippen molar-refractivity contribution in [1.82, 2.24) is 10.6 Å². The zero-order valence-corrected chi connectivity index (χ0v) is 25.3. The van der Waals surface area contributed by atoms with Crippen molar-refractivity contribution in [2.24, 2.45) is 17.2 Å². The molecule has 2 aromatic carbocycles. The minimum absolute atomic E-state index is 0.0698. The summed E-state index contributed by atoms with van der Waals surface area (Å²) in [6.07, 6.45) is -4.56. The number of carbonyl (C=O) groups is 3. The van der Waals surface area contributed by atoms with Gasteiger partial charge in [-0.05, 0) is 67.4 Å². The van der Waals surface area contributed by atoms with Crippen molar-refractivity contribution in [2.45, 2.75) is 75.4 Å².